The molecular weight excluding hydrogens is 259 g/mol. The molecule has 7 heteroatoms. The van der Waals surface area contributed by atoms with E-state index in [9.17, 15) is 13.2 Å². The topological polar surface area (TPSA) is 51.0 Å². The molecule has 0 radical (unpaired) electrons. The molecule has 1 N–H and O–H groups in total. The fraction of sp³-hybridized carbons (Fsp3) is 0.833. The van der Waals surface area contributed by atoms with E-state index in [1.165, 1.54) is 0 Å². The highest BCUT2D eigenvalue weighted by Gasteiger charge is 2.42. The van der Waals surface area contributed by atoms with E-state index in [2.05, 4.69) is 15.5 Å². The summed E-state index contributed by atoms with van der Waals surface area (Å²) in [6, 6.07) is 0. The minimum Gasteiger partial charge on any atom is -0.339 e. The maximum atomic E-state index is 12.6. The van der Waals surface area contributed by atoms with Crippen LogP contribution in [0, 0.1) is 5.92 Å². The molecule has 0 aromatic carbocycles. The van der Waals surface area contributed by atoms with Crippen molar-refractivity contribution in [3.05, 3.63) is 11.7 Å². The Bertz CT molecular complexity index is 397. The van der Waals surface area contributed by atoms with Crippen LogP contribution in [0.5, 0.6) is 0 Å². The van der Waals surface area contributed by atoms with Gasteiger partial charge in [-0.05, 0) is 32.2 Å². The molecule has 0 spiro atoms. The van der Waals surface area contributed by atoms with Crippen LogP contribution in [0.1, 0.15) is 50.2 Å². The summed E-state index contributed by atoms with van der Waals surface area (Å²) in [4.78, 5) is 4.24. The van der Waals surface area contributed by atoms with Crippen LogP contribution in [-0.2, 0) is 6.54 Å². The van der Waals surface area contributed by atoms with Crippen LogP contribution in [0.15, 0.2) is 4.52 Å². The molecule has 0 amide bonds. The van der Waals surface area contributed by atoms with Gasteiger partial charge >= 0.3 is 6.18 Å². The Labute approximate surface area is 109 Å². The molecule has 1 aliphatic rings. The van der Waals surface area contributed by atoms with Crippen molar-refractivity contribution in [1.82, 2.24) is 15.5 Å². The van der Waals surface area contributed by atoms with Crippen molar-refractivity contribution in [2.45, 2.75) is 51.2 Å². The molecule has 19 heavy (non-hydrogen) atoms. The third kappa shape index (κ3) is 3.68. The Morgan fingerprint density at radius 2 is 1.95 bits per heavy atom. The van der Waals surface area contributed by atoms with Gasteiger partial charge in [-0.3, -0.25) is 0 Å². The van der Waals surface area contributed by atoms with Crippen LogP contribution in [0.4, 0.5) is 13.2 Å². The van der Waals surface area contributed by atoms with Crippen molar-refractivity contribution in [3.8, 4) is 0 Å². The number of hydrogen-bond donors (Lipinski definition) is 1. The number of aromatic nitrogens is 2. The van der Waals surface area contributed by atoms with Crippen molar-refractivity contribution in [1.29, 1.82) is 0 Å². The number of alkyl halides is 3. The summed E-state index contributed by atoms with van der Waals surface area (Å²) in [5, 5.41) is 6.90. The van der Waals surface area contributed by atoms with E-state index in [0.29, 0.717) is 31.1 Å². The zero-order chi connectivity index (χ0) is 13.9. The smallest absolute Gasteiger partial charge is 0.339 e. The maximum Gasteiger partial charge on any atom is 0.391 e. The summed E-state index contributed by atoms with van der Waals surface area (Å²) in [5.74, 6) is -0.155. The van der Waals surface area contributed by atoms with Gasteiger partial charge in [-0.2, -0.15) is 18.2 Å². The molecule has 1 fully saturated rings. The first kappa shape index (κ1) is 14.3. The second-order valence-electron chi connectivity index (χ2n) is 4.92. The van der Waals surface area contributed by atoms with E-state index in [-0.39, 0.29) is 18.8 Å². The van der Waals surface area contributed by atoms with Crippen LogP contribution in [0.2, 0.25) is 0 Å². The van der Waals surface area contributed by atoms with Crippen molar-refractivity contribution >= 4 is 0 Å². The van der Waals surface area contributed by atoms with Crippen LogP contribution >= 0.6 is 0 Å². The van der Waals surface area contributed by atoms with Gasteiger partial charge in [-0.1, -0.05) is 12.1 Å². The summed E-state index contributed by atoms with van der Waals surface area (Å²) in [5.41, 5.74) is 0. The molecule has 4 nitrogen and oxygen atoms in total. The zero-order valence-corrected chi connectivity index (χ0v) is 10.8. The molecule has 1 aliphatic carbocycles. The lowest BCUT2D eigenvalue weighted by atomic mass is 9.81. The molecule has 108 valence electrons. The lowest BCUT2D eigenvalue weighted by Gasteiger charge is -2.27. The molecule has 1 aromatic heterocycles. The van der Waals surface area contributed by atoms with Crippen LogP contribution < -0.4 is 5.32 Å². The van der Waals surface area contributed by atoms with Crippen molar-refractivity contribution < 1.29 is 17.7 Å². The third-order valence-electron chi connectivity index (χ3n) is 3.56. The molecule has 1 saturated carbocycles. The Morgan fingerprint density at radius 1 is 1.26 bits per heavy atom. The minimum absolute atomic E-state index is 0.0264. The number of nitrogens with zero attached hydrogens (tertiary/aromatic N) is 2. The lowest BCUT2D eigenvalue weighted by molar-refractivity contribution is -0.182. The second kappa shape index (κ2) is 5.90. The van der Waals surface area contributed by atoms with Crippen LogP contribution in [0.25, 0.3) is 0 Å². The molecule has 0 saturated heterocycles. The van der Waals surface area contributed by atoms with E-state index >= 15 is 0 Å². The van der Waals surface area contributed by atoms with Crippen molar-refractivity contribution in [2.24, 2.45) is 5.92 Å². The van der Waals surface area contributed by atoms with E-state index in [1.54, 1.807) is 0 Å². The van der Waals surface area contributed by atoms with Crippen molar-refractivity contribution in [3.63, 3.8) is 0 Å². The van der Waals surface area contributed by atoms with Gasteiger partial charge in [0.05, 0.1) is 12.5 Å². The summed E-state index contributed by atoms with van der Waals surface area (Å²) in [6.07, 6.45) is -2.84. The number of halogens is 3. The first-order chi connectivity index (χ1) is 9.00. The standard InChI is InChI=1S/C12H18F3N3O/c1-2-16-7-10-17-11(19-18-10)8-3-5-9(6-4-8)12(13,14)15/h8-9,16H,2-7H2,1H3. The normalized spacial score (nSPS) is 24.6. The fourth-order valence-electron chi connectivity index (χ4n) is 2.41. The Kier molecular flexibility index (Phi) is 4.44. The molecule has 2 rings (SSSR count). The first-order valence-corrected chi connectivity index (χ1v) is 6.60. The fourth-order valence-corrected chi connectivity index (χ4v) is 2.41. The second-order valence-corrected chi connectivity index (χ2v) is 4.92. The number of nitrogens with one attached hydrogen (secondary N) is 1. The SMILES string of the molecule is CCNCc1noc(C2CCC(C(F)(F)F)CC2)n1. The Balaban J connectivity index is 1.89. The predicted molar refractivity (Wildman–Crippen MR) is 62.4 cm³/mol. The van der Waals surface area contributed by atoms with Crippen molar-refractivity contribution in [2.75, 3.05) is 6.54 Å². The van der Waals surface area contributed by atoms with Crippen LogP contribution in [-0.4, -0.2) is 22.9 Å². The molecule has 0 unspecified atom stereocenters. The molecular formula is C12H18F3N3O. The zero-order valence-electron chi connectivity index (χ0n) is 10.8. The Morgan fingerprint density at radius 3 is 2.53 bits per heavy atom. The van der Waals surface area contributed by atoms with E-state index in [1.807, 2.05) is 6.92 Å². The lowest BCUT2D eigenvalue weighted by Crippen LogP contribution is -2.27. The average Bonchev–Trinajstić information content (AvgIpc) is 2.84. The average molecular weight is 277 g/mol. The maximum absolute atomic E-state index is 12.6. The van der Waals surface area contributed by atoms with Gasteiger partial charge in [-0.15, -0.1) is 0 Å². The predicted octanol–water partition coefficient (Wildman–Crippen LogP) is 3.02. The van der Waals surface area contributed by atoms with Gasteiger partial charge in [0, 0.05) is 5.92 Å². The molecule has 1 heterocycles. The van der Waals surface area contributed by atoms with Gasteiger partial charge in [0.25, 0.3) is 0 Å². The summed E-state index contributed by atoms with van der Waals surface area (Å²) >= 11 is 0. The summed E-state index contributed by atoms with van der Waals surface area (Å²) in [7, 11) is 0. The monoisotopic (exact) mass is 277 g/mol. The highest BCUT2D eigenvalue weighted by molar-refractivity contribution is 4.97. The van der Waals surface area contributed by atoms with Gasteiger partial charge < -0.3 is 9.84 Å². The third-order valence-corrected chi connectivity index (χ3v) is 3.56. The molecule has 1 aromatic rings. The number of hydrogen-bond acceptors (Lipinski definition) is 4. The van der Waals surface area contributed by atoms with Gasteiger partial charge in [0.2, 0.25) is 5.89 Å². The minimum atomic E-state index is -4.07. The molecule has 0 bridgehead atoms. The summed E-state index contributed by atoms with van der Waals surface area (Å²) < 4.78 is 42.8. The van der Waals surface area contributed by atoms with E-state index < -0.39 is 12.1 Å². The van der Waals surface area contributed by atoms with Crippen LogP contribution in [0.3, 0.4) is 0 Å². The Hall–Kier alpha value is -1.11. The molecule has 0 aliphatic heterocycles. The first-order valence-electron chi connectivity index (χ1n) is 6.60. The van der Waals surface area contributed by atoms with Gasteiger partial charge in [-0.25, -0.2) is 0 Å². The van der Waals surface area contributed by atoms with E-state index in [4.69, 9.17) is 4.52 Å². The highest BCUT2D eigenvalue weighted by Crippen LogP contribution is 2.42. The summed E-state index contributed by atoms with van der Waals surface area (Å²) in [6.45, 7) is 3.30. The van der Waals surface area contributed by atoms with E-state index in [0.717, 1.165) is 6.54 Å². The van der Waals surface area contributed by atoms with Gasteiger partial charge in [0.15, 0.2) is 5.82 Å². The largest absolute Gasteiger partial charge is 0.391 e. The highest BCUT2D eigenvalue weighted by atomic mass is 19.4. The molecule has 0 atom stereocenters. The van der Waals surface area contributed by atoms with Gasteiger partial charge in [0.1, 0.15) is 0 Å². The number of rotatable bonds is 4. The quantitative estimate of drug-likeness (QED) is 0.919.